The van der Waals surface area contributed by atoms with E-state index in [-0.39, 0.29) is 5.91 Å². The molecule has 2 nitrogen and oxygen atoms in total. The number of hydrogen-bond donors (Lipinski definition) is 1. The third kappa shape index (κ3) is 3.05. The van der Waals surface area contributed by atoms with E-state index in [9.17, 15) is 4.79 Å². The van der Waals surface area contributed by atoms with Crippen LogP contribution >= 0.6 is 31.9 Å². The van der Waals surface area contributed by atoms with Gasteiger partial charge in [0.2, 0.25) is 0 Å². The summed E-state index contributed by atoms with van der Waals surface area (Å²) in [5.41, 5.74) is 0.685. The molecule has 0 unspecified atom stereocenters. The fraction of sp³-hybridized carbons (Fsp3) is 0.364. The van der Waals surface area contributed by atoms with Gasteiger partial charge in [-0.15, -0.1) is 0 Å². The van der Waals surface area contributed by atoms with E-state index < -0.39 is 0 Å². The van der Waals surface area contributed by atoms with Gasteiger partial charge in [-0.3, -0.25) is 4.79 Å². The van der Waals surface area contributed by atoms with Crippen molar-refractivity contribution in [1.82, 2.24) is 5.32 Å². The van der Waals surface area contributed by atoms with Crippen molar-refractivity contribution in [1.29, 1.82) is 0 Å². The van der Waals surface area contributed by atoms with Crippen LogP contribution in [0, 0.1) is 5.92 Å². The van der Waals surface area contributed by atoms with E-state index in [2.05, 4.69) is 37.2 Å². The molecule has 4 heteroatoms. The standard InChI is InChI=1S/C11H11Br2NO/c12-8-3-4-10(13)9(5-8)11(15)14-6-7-1-2-7/h3-5,7H,1-2,6H2,(H,14,15). The summed E-state index contributed by atoms with van der Waals surface area (Å²) in [6, 6.07) is 5.60. The minimum absolute atomic E-state index is 0.00456. The van der Waals surface area contributed by atoms with Crippen LogP contribution in [-0.4, -0.2) is 12.5 Å². The summed E-state index contributed by atoms with van der Waals surface area (Å²) in [6.45, 7) is 0.803. The highest BCUT2D eigenvalue weighted by Gasteiger charge is 2.22. The summed E-state index contributed by atoms with van der Waals surface area (Å²) in [5.74, 6) is 0.704. The van der Waals surface area contributed by atoms with Crippen molar-refractivity contribution in [2.24, 2.45) is 5.92 Å². The Labute approximate surface area is 106 Å². The molecule has 0 atom stereocenters. The molecular formula is C11H11Br2NO. The molecular weight excluding hydrogens is 322 g/mol. The quantitative estimate of drug-likeness (QED) is 0.903. The van der Waals surface area contributed by atoms with E-state index in [0.717, 1.165) is 15.5 Å². The minimum atomic E-state index is -0.00456. The molecule has 1 amide bonds. The number of rotatable bonds is 3. The maximum atomic E-state index is 11.8. The molecule has 80 valence electrons. The summed E-state index contributed by atoms with van der Waals surface area (Å²) >= 11 is 6.73. The molecule has 0 aliphatic heterocycles. The Balaban J connectivity index is 2.05. The summed E-state index contributed by atoms with van der Waals surface area (Å²) in [7, 11) is 0. The second kappa shape index (κ2) is 4.66. The molecule has 1 aliphatic rings. The maximum absolute atomic E-state index is 11.8. The first-order valence-electron chi connectivity index (χ1n) is 4.90. The molecule has 0 saturated heterocycles. The predicted molar refractivity (Wildman–Crippen MR) is 66.9 cm³/mol. The van der Waals surface area contributed by atoms with E-state index in [0.29, 0.717) is 11.5 Å². The average molecular weight is 333 g/mol. The molecule has 0 bridgehead atoms. The molecule has 1 saturated carbocycles. The Bertz CT molecular complexity index is 388. The van der Waals surface area contributed by atoms with Crippen molar-refractivity contribution in [3.63, 3.8) is 0 Å². The largest absolute Gasteiger partial charge is 0.352 e. The van der Waals surface area contributed by atoms with Crippen molar-refractivity contribution < 1.29 is 4.79 Å². The Morgan fingerprint density at radius 1 is 1.40 bits per heavy atom. The van der Waals surface area contributed by atoms with Gasteiger partial charge in [0, 0.05) is 15.5 Å². The highest BCUT2D eigenvalue weighted by Crippen LogP contribution is 2.28. The SMILES string of the molecule is O=C(NCC1CC1)c1cc(Br)ccc1Br. The highest BCUT2D eigenvalue weighted by molar-refractivity contribution is 9.11. The molecule has 0 radical (unpaired) electrons. The second-order valence-electron chi connectivity index (χ2n) is 3.78. The van der Waals surface area contributed by atoms with Gasteiger partial charge in [0.1, 0.15) is 0 Å². The third-order valence-corrected chi connectivity index (χ3v) is 3.61. The molecule has 15 heavy (non-hydrogen) atoms. The van der Waals surface area contributed by atoms with Gasteiger partial charge < -0.3 is 5.32 Å². The Hall–Kier alpha value is -0.350. The lowest BCUT2D eigenvalue weighted by atomic mass is 10.2. The van der Waals surface area contributed by atoms with Gasteiger partial charge in [0.25, 0.3) is 5.91 Å². The second-order valence-corrected chi connectivity index (χ2v) is 5.55. The molecule has 0 heterocycles. The summed E-state index contributed by atoms with van der Waals surface area (Å²) in [6.07, 6.45) is 2.50. The van der Waals surface area contributed by atoms with Crippen LogP contribution in [0.2, 0.25) is 0 Å². The van der Waals surface area contributed by atoms with E-state index in [1.54, 1.807) is 0 Å². The van der Waals surface area contributed by atoms with Crippen LogP contribution in [-0.2, 0) is 0 Å². The molecule has 2 rings (SSSR count). The first-order valence-corrected chi connectivity index (χ1v) is 6.48. The van der Waals surface area contributed by atoms with Crippen LogP contribution in [0.3, 0.4) is 0 Å². The van der Waals surface area contributed by atoms with Gasteiger partial charge in [-0.1, -0.05) is 15.9 Å². The van der Waals surface area contributed by atoms with Gasteiger partial charge in [0.15, 0.2) is 0 Å². The summed E-state index contributed by atoms with van der Waals surface area (Å²) < 4.78 is 1.75. The zero-order chi connectivity index (χ0) is 10.8. The lowest BCUT2D eigenvalue weighted by Crippen LogP contribution is -2.25. The number of halogens is 2. The van der Waals surface area contributed by atoms with Gasteiger partial charge in [-0.2, -0.15) is 0 Å². The fourth-order valence-corrected chi connectivity index (χ4v) is 2.11. The van der Waals surface area contributed by atoms with Crippen LogP contribution in [0.15, 0.2) is 27.1 Å². The van der Waals surface area contributed by atoms with Gasteiger partial charge in [-0.05, 0) is 52.9 Å². The number of benzene rings is 1. The maximum Gasteiger partial charge on any atom is 0.252 e. The van der Waals surface area contributed by atoms with Crippen LogP contribution in [0.1, 0.15) is 23.2 Å². The molecule has 1 aliphatic carbocycles. The number of amides is 1. The molecule has 0 spiro atoms. The van der Waals surface area contributed by atoms with Crippen molar-refractivity contribution in [3.05, 3.63) is 32.7 Å². The van der Waals surface area contributed by atoms with Crippen molar-refractivity contribution in [3.8, 4) is 0 Å². The number of carbonyl (C=O) groups excluding carboxylic acids is 1. The monoisotopic (exact) mass is 331 g/mol. The molecule has 1 aromatic carbocycles. The topological polar surface area (TPSA) is 29.1 Å². The van der Waals surface area contributed by atoms with Crippen LogP contribution in [0.4, 0.5) is 0 Å². The highest BCUT2D eigenvalue weighted by atomic mass is 79.9. The number of hydrogen-bond acceptors (Lipinski definition) is 1. The summed E-state index contributed by atoms with van der Waals surface area (Å²) in [4.78, 5) is 11.8. The van der Waals surface area contributed by atoms with Gasteiger partial charge >= 0.3 is 0 Å². The van der Waals surface area contributed by atoms with Crippen LogP contribution in [0.25, 0.3) is 0 Å². The van der Waals surface area contributed by atoms with Crippen LogP contribution < -0.4 is 5.32 Å². The Kier molecular flexibility index (Phi) is 3.46. The van der Waals surface area contributed by atoms with Gasteiger partial charge in [-0.25, -0.2) is 0 Å². The lowest BCUT2D eigenvalue weighted by Gasteiger charge is -2.06. The molecule has 1 aromatic rings. The minimum Gasteiger partial charge on any atom is -0.352 e. The van der Waals surface area contributed by atoms with Gasteiger partial charge in [0.05, 0.1) is 5.56 Å². The molecule has 0 aromatic heterocycles. The lowest BCUT2D eigenvalue weighted by molar-refractivity contribution is 0.0951. The third-order valence-electron chi connectivity index (χ3n) is 2.42. The molecule has 1 N–H and O–H groups in total. The van der Waals surface area contributed by atoms with Crippen molar-refractivity contribution in [2.75, 3.05) is 6.54 Å². The van der Waals surface area contributed by atoms with Crippen molar-refractivity contribution in [2.45, 2.75) is 12.8 Å². The predicted octanol–water partition coefficient (Wildman–Crippen LogP) is 3.35. The van der Waals surface area contributed by atoms with Crippen molar-refractivity contribution >= 4 is 37.8 Å². The summed E-state index contributed by atoms with van der Waals surface area (Å²) in [5, 5.41) is 2.94. The normalized spacial score (nSPS) is 15.1. The molecule has 1 fully saturated rings. The average Bonchev–Trinajstić information content (AvgIpc) is 3.02. The van der Waals surface area contributed by atoms with Crippen LogP contribution in [0.5, 0.6) is 0 Å². The first kappa shape index (κ1) is 11.1. The smallest absolute Gasteiger partial charge is 0.252 e. The first-order chi connectivity index (χ1) is 7.16. The van der Waals surface area contributed by atoms with E-state index in [1.165, 1.54) is 12.8 Å². The number of nitrogens with one attached hydrogen (secondary N) is 1. The Morgan fingerprint density at radius 3 is 2.80 bits per heavy atom. The Morgan fingerprint density at radius 2 is 2.13 bits per heavy atom. The zero-order valence-electron chi connectivity index (χ0n) is 8.09. The van der Waals surface area contributed by atoms with E-state index in [1.807, 2.05) is 18.2 Å². The zero-order valence-corrected chi connectivity index (χ0v) is 11.3. The van der Waals surface area contributed by atoms with E-state index >= 15 is 0 Å². The van der Waals surface area contributed by atoms with E-state index in [4.69, 9.17) is 0 Å². The fourth-order valence-electron chi connectivity index (χ4n) is 1.33. The number of carbonyl (C=O) groups is 1.